The molecule has 0 radical (unpaired) electrons. The molecule has 1 heterocycles. The van der Waals surface area contributed by atoms with Crippen LogP contribution < -0.4 is 10.6 Å². The van der Waals surface area contributed by atoms with Gasteiger partial charge in [-0.1, -0.05) is 31.5 Å². The van der Waals surface area contributed by atoms with E-state index in [-0.39, 0.29) is 17.7 Å². The van der Waals surface area contributed by atoms with Crippen LogP contribution in [0.15, 0.2) is 24.3 Å². The predicted octanol–water partition coefficient (Wildman–Crippen LogP) is 1.98. The van der Waals surface area contributed by atoms with Gasteiger partial charge in [-0.05, 0) is 44.4 Å². The number of hydrogen-bond donors (Lipinski definition) is 2. The lowest BCUT2D eigenvalue weighted by atomic mass is 10.0. The summed E-state index contributed by atoms with van der Waals surface area (Å²) in [5.41, 5.74) is 1.60. The predicted molar refractivity (Wildman–Crippen MR) is 107 cm³/mol. The van der Waals surface area contributed by atoms with Crippen LogP contribution in [0.25, 0.3) is 0 Å². The molecule has 0 bridgehead atoms. The standard InChI is InChI=1S/C21H33N3O3/c1-16(2)19(23-20(25)18-8-6-7-17(3)15-18)21(26)22-9-4-5-10-24-11-13-27-14-12-24/h6-8,15-16,19H,4-5,9-14H2,1-3H3,(H,22,26)(H,23,25). The minimum Gasteiger partial charge on any atom is -0.379 e. The summed E-state index contributed by atoms with van der Waals surface area (Å²) < 4.78 is 5.34. The second-order valence-corrected chi connectivity index (χ2v) is 7.52. The van der Waals surface area contributed by atoms with E-state index in [0.717, 1.165) is 51.3 Å². The molecule has 0 aliphatic carbocycles. The summed E-state index contributed by atoms with van der Waals surface area (Å²) in [5.74, 6) is -0.302. The number of nitrogens with one attached hydrogen (secondary N) is 2. The Bertz CT molecular complexity index is 612. The number of benzene rings is 1. The van der Waals surface area contributed by atoms with Crippen molar-refractivity contribution in [2.24, 2.45) is 5.92 Å². The highest BCUT2D eigenvalue weighted by Gasteiger charge is 2.24. The molecule has 1 aliphatic rings. The summed E-state index contributed by atoms with van der Waals surface area (Å²) in [5, 5.41) is 5.85. The monoisotopic (exact) mass is 375 g/mol. The molecule has 0 aromatic heterocycles. The molecule has 6 nitrogen and oxygen atoms in total. The lowest BCUT2D eigenvalue weighted by Gasteiger charge is -2.26. The third-order valence-electron chi connectivity index (χ3n) is 4.82. The van der Waals surface area contributed by atoms with E-state index in [1.807, 2.05) is 39.0 Å². The fourth-order valence-corrected chi connectivity index (χ4v) is 3.15. The van der Waals surface area contributed by atoms with Gasteiger partial charge in [0.05, 0.1) is 13.2 Å². The number of unbranched alkanes of at least 4 members (excludes halogenated alkanes) is 1. The largest absolute Gasteiger partial charge is 0.379 e. The molecule has 2 rings (SSSR count). The first kappa shape index (κ1) is 21.4. The average molecular weight is 376 g/mol. The highest BCUT2D eigenvalue weighted by molar-refractivity contribution is 5.97. The molecule has 1 fully saturated rings. The van der Waals surface area contributed by atoms with Gasteiger partial charge in [-0.25, -0.2) is 0 Å². The molecule has 2 N–H and O–H groups in total. The van der Waals surface area contributed by atoms with Crippen molar-refractivity contribution in [1.82, 2.24) is 15.5 Å². The molecule has 1 saturated heterocycles. The Balaban J connectivity index is 1.74. The van der Waals surface area contributed by atoms with E-state index >= 15 is 0 Å². The number of morpholine rings is 1. The molecule has 2 amide bonds. The maximum Gasteiger partial charge on any atom is 0.251 e. The van der Waals surface area contributed by atoms with E-state index in [0.29, 0.717) is 12.1 Å². The van der Waals surface area contributed by atoms with Crippen LogP contribution in [0.5, 0.6) is 0 Å². The van der Waals surface area contributed by atoms with Crippen molar-refractivity contribution >= 4 is 11.8 Å². The maximum atomic E-state index is 12.5. The molecule has 27 heavy (non-hydrogen) atoms. The molecule has 1 aliphatic heterocycles. The van der Waals surface area contributed by atoms with E-state index < -0.39 is 6.04 Å². The number of nitrogens with zero attached hydrogens (tertiary/aromatic N) is 1. The third-order valence-corrected chi connectivity index (χ3v) is 4.82. The summed E-state index contributed by atoms with van der Waals surface area (Å²) in [6, 6.07) is 6.86. The summed E-state index contributed by atoms with van der Waals surface area (Å²) in [4.78, 5) is 27.4. The molecule has 1 atom stereocenters. The quantitative estimate of drug-likeness (QED) is 0.648. The van der Waals surface area contributed by atoms with Crippen LogP contribution in [-0.2, 0) is 9.53 Å². The zero-order valence-corrected chi connectivity index (χ0v) is 16.8. The van der Waals surface area contributed by atoms with E-state index in [1.165, 1.54) is 0 Å². The number of hydrogen-bond acceptors (Lipinski definition) is 4. The summed E-state index contributed by atoms with van der Waals surface area (Å²) >= 11 is 0. The molecular weight excluding hydrogens is 342 g/mol. The molecule has 1 unspecified atom stereocenters. The summed E-state index contributed by atoms with van der Waals surface area (Å²) in [6.45, 7) is 11.1. The molecule has 1 aromatic carbocycles. The number of rotatable bonds is 9. The molecule has 6 heteroatoms. The van der Waals surface area contributed by atoms with Crippen molar-refractivity contribution in [1.29, 1.82) is 0 Å². The Morgan fingerprint density at radius 2 is 1.93 bits per heavy atom. The molecule has 150 valence electrons. The maximum absolute atomic E-state index is 12.5. The molecule has 1 aromatic rings. The SMILES string of the molecule is Cc1cccc(C(=O)NC(C(=O)NCCCCN2CCOCC2)C(C)C)c1. The fourth-order valence-electron chi connectivity index (χ4n) is 3.15. The van der Waals surface area contributed by atoms with Crippen molar-refractivity contribution in [3.8, 4) is 0 Å². The van der Waals surface area contributed by atoms with Gasteiger partial charge in [0, 0.05) is 25.2 Å². The van der Waals surface area contributed by atoms with Gasteiger partial charge in [-0.15, -0.1) is 0 Å². The first-order valence-electron chi connectivity index (χ1n) is 9.92. The molecule has 0 saturated carbocycles. The van der Waals surface area contributed by atoms with Gasteiger partial charge in [-0.2, -0.15) is 0 Å². The number of amides is 2. The van der Waals surface area contributed by atoms with Gasteiger partial charge >= 0.3 is 0 Å². The van der Waals surface area contributed by atoms with Crippen LogP contribution in [0.4, 0.5) is 0 Å². The third kappa shape index (κ3) is 7.31. The Morgan fingerprint density at radius 3 is 2.59 bits per heavy atom. The van der Waals surface area contributed by atoms with E-state index in [9.17, 15) is 9.59 Å². The van der Waals surface area contributed by atoms with Gasteiger partial charge in [-0.3, -0.25) is 14.5 Å². The van der Waals surface area contributed by atoms with Crippen molar-refractivity contribution in [2.45, 2.75) is 39.7 Å². The Morgan fingerprint density at radius 1 is 1.19 bits per heavy atom. The molecule has 0 spiro atoms. The van der Waals surface area contributed by atoms with E-state index in [4.69, 9.17) is 4.74 Å². The number of carbonyl (C=O) groups excluding carboxylic acids is 2. The fraction of sp³-hybridized carbons (Fsp3) is 0.619. The first-order chi connectivity index (χ1) is 13.0. The zero-order chi connectivity index (χ0) is 19.6. The van der Waals surface area contributed by atoms with Crippen LogP contribution in [0.3, 0.4) is 0 Å². The van der Waals surface area contributed by atoms with Gasteiger partial charge < -0.3 is 15.4 Å². The van der Waals surface area contributed by atoms with Crippen LogP contribution in [0.2, 0.25) is 0 Å². The van der Waals surface area contributed by atoms with Crippen molar-refractivity contribution < 1.29 is 14.3 Å². The minimum absolute atomic E-state index is 0.0205. The number of carbonyl (C=O) groups is 2. The van der Waals surface area contributed by atoms with E-state index in [2.05, 4.69) is 15.5 Å². The first-order valence-corrected chi connectivity index (χ1v) is 9.92. The smallest absolute Gasteiger partial charge is 0.251 e. The van der Waals surface area contributed by atoms with Gasteiger partial charge in [0.2, 0.25) is 5.91 Å². The van der Waals surface area contributed by atoms with Crippen molar-refractivity contribution in [3.63, 3.8) is 0 Å². The Kier molecular flexibility index (Phi) is 8.75. The second kappa shape index (κ2) is 11.0. The number of aryl methyl sites for hydroxylation is 1. The van der Waals surface area contributed by atoms with Crippen molar-refractivity contribution in [2.75, 3.05) is 39.4 Å². The molecular formula is C21H33N3O3. The normalized spacial score (nSPS) is 16.1. The van der Waals surface area contributed by atoms with Gasteiger partial charge in [0.15, 0.2) is 0 Å². The Labute approximate surface area is 162 Å². The number of ether oxygens (including phenoxy) is 1. The van der Waals surface area contributed by atoms with E-state index in [1.54, 1.807) is 6.07 Å². The summed E-state index contributed by atoms with van der Waals surface area (Å²) in [7, 11) is 0. The Hall–Kier alpha value is -1.92. The average Bonchev–Trinajstić information content (AvgIpc) is 2.66. The zero-order valence-electron chi connectivity index (χ0n) is 16.8. The highest BCUT2D eigenvalue weighted by Crippen LogP contribution is 2.07. The second-order valence-electron chi connectivity index (χ2n) is 7.52. The minimum atomic E-state index is -0.530. The van der Waals surface area contributed by atoms with Crippen LogP contribution in [0.1, 0.15) is 42.6 Å². The van der Waals surface area contributed by atoms with Crippen molar-refractivity contribution in [3.05, 3.63) is 35.4 Å². The van der Waals surface area contributed by atoms with Crippen LogP contribution >= 0.6 is 0 Å². The lowest BCUT2D eigenvalue weighted by molar-refractivity contribution is -0.123. The topological polar surface area (TPSA) is 70.7 Å². The van der Waals surface area contributed by atoms with Gasteiger partial charge in [0.25, 0.3) is 5.91 Å². The van der Waals surface area contributed by atoms with Gasteiger partial charge in [0.1, 0.15) is 6.04 Å². The highest BCUT2D eigenvalue weighted by atomic mass is 16.5. The van der Waals surface area contributed by atoms with Crippen LogP contribution in [0, 0.1) is 12.8 Å². The van der Waals surface area contributed by atoms with Crippen LogP contribution in [-0.4, -0.2) is 62.1 Å². The summed E-state index contributed by atoms with van der Waals surface area (Å²) in [6.07, 6.45) is 1.97. The lowest BCUT2D eigenvalue weighted by Crippen LogP contribution is -2.50.